The van der Waals surface area contributed by atoms with Gasteiger partial charge in [0.05, 0.1) is 0 Å². The molecule has 1 unspecified atom stereocenters. The predicted molar refractivity (Wildman–Crippen MR) is 123 cm³/mol. The van der Waals surface area contributed by atoms with Gasteiger partial charge in [0, 0.05) is 18.7 Å². The molecule has 1 saturated heterocycles. The number of fused-ring (bicyclic) bond motifs is 1. The van der Waals surface area contributed by atoms with Crippen molar-refractivity contribution in [3.8, 4) is 0 Å². The topological polar surface area (TPSA) is 52.7 Å². The second-order valence-corrected chi connectivity index (χ2v) is 8.89. The fraction of sp³-hybridized carbons (Fsp3) is 0.462. The van der Waals surface area contributed by atoms with Crippen LogP contribution < -0.4 is 5.32 Å². The van der Waals surface area contributed by atoms with E-state index in [2.05, 4.69) is 40.5 Å². The summed E-state index contributed by atoms with van der Waals surface area (Å²) >= 11 is 0. The van der Waals surface area contributed by atoms with Crippen molar-refractivity contribution in [1.82, 2.24) is 15.1 Å². The van der Waals surface area contributed by atoms with Gasteiger partial charge in [0.15, 0.2) is 0 Å². The van der Waals surface area contributed by atoms with Crippen molar-refractivity contribution in [3.05, 3.63) is 71.3 Å². The van der Waals surface area contributed by atoms with Crippen LogP contribution in [0.1, 0.15) is 47.7 Å². The Kier molecular flexibility index (Phi) is 7.03. The van der Waals surface area contributed by atoms with Gasteiger partial charge in [0.2, 0.25) is 5.91 Å². The van der Waals surface area contributed by atoms with Gasteiger partial charge in [-0.15, -0.1) is 0 Å². The van der Waals surface area contributed by atoms with Gasteiger partial charge in [-0.3, -0.25) is 9.59 Å². The minimum Gasteiger partial charge on any atom is -0.354 e. The lowest BCUT2D eigenvalue weighted by Crippen LogP contribution is -2.45. The number of carbonyl (C=O) groups is 2. The number of benzene rings is 2. The SMILES string of the molecule is CC(C(=O)NCCCN1CCC(Cc2ccccc2)CC1)N1Cc2ccccc2C1=O. The van der Waals surface area contributed by atoms with Crippen LogP contribution in [0.2, 0.25) is 0 Å². The highest BCUT2D eigenvalue weighted by Gasteiger charge is 2.33. The number of amides is 2. The number of piperidine rings is 1. The van der Waals surface area contributed by atoms with Crippen LogP contribution in [0.25, 0.3) is 0 Å². The summed E-state index contributed by atoms with van der Waals surface area (Å²) in [5, 5.41) is 3.03. The fourth-order valence-corrected chi connectivity index (χ4v) is 4.75. The molecule has 1 fully saturated rings. The molecule has 5 heteroatoms. The highest BCUT2D eigenvalue weighted by molar-refractivity contribution is 6.00. The molecule has 0 aromatic heterocycles. The summed E-state index contributed by atoms with van der Waals surface area (Å²) in [6.07, 6.45) is 4.61. The normalized spacial score (nSPS) is 18.1. The van der Waals surface area contributed by atoms with E-state index in [0.717, 1.165) is 43.1 Å². The van der Waals surface area contributed by atoms with Gasteiger partial charge < -0.3 is 15.1 Å². The number of hydrogen-bond donors (Lipinski definition) is 1. The van der Waals surface area contributed by atoms with E-state index in [0.29, 0.717) is 13.1 Å². The Morgan fingerprint density at radius 2 is 1.77 bits per heavy atom. The Morgan fingerprint density at radius 3 is 2.52 bits per heavy atom. The molecule has 31 heavy (non-hydrogen) atoms. The Morgan fingerprint density at radius 1 is 1.06 bits per heavy atom. The lowest BCUT2D eigenvalue weighted by Gasteiger charge is -2.32. The van der Waals surface area contributed by atoms with E-state index in [1.807, 2.05) is 31.2 Å². The maximum Gasteiger partial charge on any atom is 0.255 e. The number of likely N-dealkylation sites (tertiary alicyclic amines) is 1. The number of carbonyl (C=O) groups excluding carboxylic acids is 2. The Bertz CT molecular complexity index is 891. The molecule has 2 amide bonds. The Labute approximate surface area is 185 Å². The largest absolute Gasteiger partial charge is 0.354 e. The molecule has 4 rings (SSSR count). The van der Waals surface area contributed by atoms with Crippen molar-refractivity contribution in [2.24, 2.45) is 5.92 Å². The molecule has 0 bridgehead atoms. The Balaban J connectivity index is 1.13. The zero-order valence-corrected chi connectivity index (χ0v) is 18.4. The molecule has 1 atom stereocenters. The van der Waals surface area contributed by atoms with Gasteiger partial charge in [-0.2, -0.15) is 0 Å². The van der Waals surface area contributed by atoms with Crippen molar-refractivity contribution in [3.63, 3.8) is 0 Å². The first-order valence-electron chi connectivity index (χ1n) is 11.5. The number of rotatable bonds is 8. The average Bonchev–Trinajstić information content (AvgIpc) is 3.14. The molecule has 2 aliphatic heterocycles. The molecular formula is C26H33N3O2. The Hall–Kier alpha value is -2.66. The number of nitrogens with zero attached hydrogens (tertiary/aromatic N) is 2. The molecule has 2 aromatic rings. The summed E-state index contributed by atoms with van der Waals surface area (Å²) in [4.78, 5) is 29.3. The zero-order chi connectivity index (χ0) is 21.6. The van der Waals surface area contributed by atoms with E-state index < -0.39 is 6.04 Å². The quantitative estimate of drug-likeness (QED) is 0.667. The molecule has 164 valence electrons. The zero-order valence-electron chi connectivity index (χ0n) is 18.4. The van der Waals surface area contributed by atoms with Crippen LogP contribution in [0, 0.1) is 5.92 Å². The van der Waals surface area contributed by atoms with Gasteiger partial charge in [-0.25, -0.2) is 0 Å². The van der Waals surface area contributed by atoms with Crippen molar-refractivity contribution >= 4 is 11.8 Å². The standard InChI is InChI=1S/C26H33N3O2/c1-20(29-19-23-10-5-6-11-24(23)26(29)31)25(30)27-14-7-15-28-16-12-22(13-17-28)18-21-8-3-2-4-9-21/h2-6,8-11,20,22H,7,12-19H2,1H3,(H,27,30). The molecule has 0 spiro atoms. The molecule has 2 aliphatic rings. The molecule has 0 saturated carbocycles. The fourth-order valence-electron chi connectivity index (χ4n) is 4.75. The predicted octanol–water partition coefficient (Wildman–Crippen LogP) is 3.49. The molecule has 2 aromatic carbocycles. The first kappa shape index (κ1) is 21.6. The van der Waals surface area contributed by atoms with Crippen LogP contribution in [0.3, 0.4) is 0 Å². The highest BCUT2D eigenvalue weighted by Crippen LogP contribution is 2.24. The maximum atomic E-state index is 12.6. The minimum atomic E-state index is -0.450. The summed E-state index contributed by atoms with van der Waals surface area (Å²) in [6, 6.07) is 17.9. The van der Waals surface area contributed by atoms with E-state index in [-0.39, 0.29) is 11.8 Å². The van der Waals surface area contributed by atoms with Crippen LogP contribution in [0.15, 0.2) is 54.6 Å². The first-order chi connectivity index (χ1) is 15.1. The van der Waals surface area contributed by atoms with Gasteiger partial charge >= 0.3 is 0 Å². The monoisotopic (exact) mass is 419 g/mol. The van der Waals surface area contributed by atoms with Gasteiger partial charge in [0.1, 0.15) is 6.04 Å². The van der Waals surface area contributed by atoms with Crippen LogP contribution in [0.4, 0.5) is 0 Å². The van der Waals surface area contributed by atoms with E-state index in [1.165, 1.54) is 24.8 Å². The average molecular weight is 420 g/mol. The van der Waals surface area contributed by atoms with Crippen LogP contribution >= 0.6 is 0 Å². The number of nitrogens with one attached hydrogen (secondary N) is 1. The van der Waals surface area contributed by atoms with E-state index in [1.54, 1.807) is 4.90 Å². The lowest BCUT2D eigenvalue weighted by molar-refractivity contribution is -0.125. The van der Waals surface area contributed by atoms with E-state index in [4.69, 9.17) is 0 Å². The van der Waals surface area contributed by atoms with Gasteiger partial charge in [0.25, 0.3) is 5.91 Å². The van der Waals surface area contributed by atoms with Crippen molar-refractivity contribution in [2.75, 3.05) is 26.2 Å². The summed E-state index contributed by atoms with van der Waals surface area (Å²) < 4.78 is 0. The van der Waals surface area contributed by atoms with E-state index >= 15 is 0 Å². The third-order valence-electron chi connectivity index (χ3n) is 6.72. The molecule has 1 N–H and O–H groups in total. The van der Waals surface area contributed by atoms with Gasteiger partial charge in [-0.1, -0.05) is 48.5 Å². The van der Waals surface area contributed by atoms with Crippen molar-refractivity contribution < 1.29 is 9.59 Å². The molecule has 0 aliphatic carbocycles. The van der Waals surface area contributed by atoms with Gasteiger partial charge in [-0.05, 0) is 75.4 Å². The van der Waals surface area contributed by atoms with Crippen molar-refractivity contribution in [2.45, 2.75) is 45.2 Å². The van der Waals surface area contributed by atoms with Crippen LogP contribution in [-0.2, 0) is 17.8 Å². The number of hydrogen-bond acceptors (Lipinski definition) is 3. The minimum absolute atomic E-state index is 0.0448. The third kappa shape index (κ3) is 5.34. The van der Waals surface area contributed by atoms with Crippen LogP contribution in [0.5, 0.6) is 0 Å². The molecule has 0 radical (unpaired) electrons. The molecule has 2 heterocycles. The smallest absolute Gasteiger partial charge is 0.255 e. The molecule has 5 nitrogen and oxygen atoms in total. The summed E-state index contributed by atoms with van der Waals surface area (Å²) in [5.41, 5.74) is 3.16. The second-order valence-electron chi connectivity index (χ2n) is 8.89. The van der Waals surface area contributed by atoms with Crippen LogP contribution in [-0.4, -0.2) is 53.8 Å². The molecular weight excluding hydrogens is 386 g/mol. The third-order valence-corrected chi connectivity index (χ3v) is 6.72. The second kappa shape index (κ2) is 10.1. The summed E-state index contributed by atoms with van der Waals surface area (Å²) in [6.45, 7) is 6.28. The first-order valence-corrected chi connectivity index (χ1v) is 11.5. The lowest BCUT2D eigenvalue weighted by atomic mass is 9.90. The van der Waals surface area contributed by atoms with Crippen molar-refractivity contribution in [1.29, 1.82) is 0 Å². The summed E-state index contributed by atoms with van der Waals surface area (Å²) in [7, 11) is 0. The highest BCUT2D eigenvalue weighted by atomic mass is 16.2. The summed E-state index contributed by atoms with van der Waals surface area (Å²) in [5.74, 6) is 0.667. The maximum absolute atomic E-state index is 12.6. The van der Waals surface area contributed by atoms with E-state index in [9.17, 15) is 9.59 Å².